The van der Waals surface area contributed by atoms with Gasteiger partial charge < -0.3 is 5.32 Å². The Morgan fingerprint density at radius 1 is 1.33 bits per heavy atom. The second-order valence-electron chi connectivity index (χ2n) is 5.50. The Hall–Kier alpha value is -1.66. The number of nitrogens with zero attached hydrogens (tertiary/aromatic N) is 1. The van der Waals surface area contributed by atoms with Crippen molar-refractivity contribution in [1.29, 1.82) is 0 Å². The van der Waals surface area contributed by atoms with Crippen molar-refractivity contribution in [2.75, 3.05) is 23.6 Å². The molecule has 0 aliphatic carbocycles. The van der Waals surface area contributed by atoms with Crippen LogP contribution in [0, 0.1) is 5.92 Å². The summed E-state index contributed by atoms with van der Waals surface area (Å²) < 4.78 is 27.4. The zero-order valence-corrected chi connectivity index (χ0v) is 12.6. The minimum Gasteiger partial charge on any atom is -0.316 e. The molecule has 21 heavy (non-hydrogen) atoms. The highest BCUT2D eigenvalue weighted by atomic mass is 32.2. The number of hydrogen-bond donors (Lipinski definition) is 2. The number of benzene rings is 1. The number of anilines is 1. The van der Waals surface area contributed by atoms with Crippen LogP contribution in [0.4, 0.5) is 5.69 Å². The number of pyridine rings is 1. The second-order valence-corrected chi connectivity index (χ2v) is 7.27. The summed E-state index contributed by atoms with van der Waals surface area (Å²) in [4.78, 5) is 4.07. The van der Waals surface area contributed by atoms with E-state index in [0.29, 0.717) is 5.69 Å². The smallest absolute Gasteiger partial charge is 0.233 e. The average molecular weight is 305 g/mol. The van der Waals surface area contributed by atoms with Crippen LogP contribution in [0.25, 0.3) is 10.8 Å². The topological polar surface area (TPSA) is 71.1 Å². The third-order valence-corrected chi connectivity index (χ3v) is 5.24. The maximum Gasteiger partial charge on any atom is 0.233 e. The highest BCUT2D eigenvalue weighted by Crippen LogP contribution is 2.24. The van der Waals surface area contributed by atoms with Crippen LogP contribution in [0.2, 0.25) is 0 Å². The maximum atomic E-state index is 12.4. The number of hydrogen-bond acceptors (Lipinski definition) is 4. The molecule has 2 heterocycles. The molecule has 1 aliphatic heterocycles. The van der Waals surface area contributed by atoms with Crippen molar-refractivity contribution in [2.45, 2.75) is 12.8 Å². The van der Waals surface area contributed by atoms with Gasteiger partial charge in [-0.05, 0) is 49.4 Å². The first-order chi connectivity index (χ1) is 10.1. The number of nitrogens with one attached hydrogen (secondary N) is 2. The Morgan fingerprint density at radius 3 is 3.05 bits per heavy atom. The number of rotatable bonds is 4. The van der Waals surface area contributed by atoms with E-state index in [4.69, 9.17) is 0 Å². The van der Waals surface area contributed by atoms with Crippen LogP contribution in [0.1, 0.15) is 12.8 Å². The van der Waals surface area contributed by atoms with Crippen molar-refractivity contribution in [3.63, 3.8) is 0 Å². The van der Waals surface area contributed by atoms with E-state index in [1.165, 1.54) is 0 Å². The maximum absolute atomic E-state index is 12.4. The molecule has 1 aromatic heterocycles. The lowest BCUT2D eigenvalue weighted by Gasteiger charge is -2.22. The average Bonchev–Trinajstić information content (AvgIpc) is 2.48. The third kappa shape index (κ3) is 3.51. The molecular formula is C15H19N3O2S. The van der Waals surface area contributed by atoms with E-state index in [1.54, 1.807) is 18.5 Å². The van der Waals surface area contributed by atoms with E-state index in [0.717, 1.165) is 36.7 Å². The molecule has 0 bridgehead atoms. The van der Waals surface area contributed by atoms with Crippen molar-refractivity contribution < 1.29 is 8.42 Å². The number of fused-ring (bicyclic) bond motifs is 1. The van der Waals surface area contributed by atoms with Gasteiger partial charge in [0, 0.05) is 17.8 Å². The van der Waals surface area contributed by atoms with Crippen LogP contribution < -0.4 is 10.0 Å². The van der Waals surface area contributed by atoms with Crippen molar-refractivity contribution in [3.05, 3.63) is 36.7 Å². The summed E-state index contributed by atoms with van der Waals surface area (Å²) in [7, 11) is -3.34. The molecule has 1 aliphatic rings. The first-order valence-electron chi connectivity index (χ1n) is 7.18. The first-order valence-corrected chi connectivity index (χ1v) is 8.83. The highest BCUT2D eigenvalue weighted by molar-refractivity contribution is 7.92. The summed E-state index contributed by atoms with van der Waals surface area (Å²) in [6.07, 6.45) is 5.40. The fourth-order valence-electron chi connectivity index (χ4n) is 2.79. The van der Waals surface area contributed by atoms with Gasteiger partial charge in [-0.25, -0.2) is 8.42 Å². The summed E-state index contributed by atoms with van der Waals surface area (Å²) in [6, 6.07) is 7.45. The highest BCUT2D eigenvalue weighted by Gasteiger charge is 2.21. The molecule has 112 valence electrons. The van der Waals surface area contributed by atoms with Crippen LogP contribution in [0.5, 0.6) is 0 Å². The van der Waals surface area contributed by atoms with E-state index in [-0.39, 0.29) is 11.7 Å². The Kier molecular flexibility index (Phi) is 4.07. The largest absolute Gasteiger partial charge is 0.316 e. The number of aromatic nitrogens is 1. The van der Waals surface area contributed by atoms with Gasteiger partial charge in [-0.3, -0.25) is 9.71 Å². The minimum absolute atomic E-state index is 0.163. The van der Waals surface area contributed by atoms with E-state index in [2.05, 4.69) is 15.0 Å². The fourth-order valence-corrected chi connectivity index (χ4v) is 4.29. The molecule has 1 saturated heterocycles. The zero-order chi connectivity index (χ0) is 14.7. The monoisotopic (exact) mass is 305 g/mol. The fraction of sp³-hybridized carbons (Fsp3) is 0.400. The predicted molar refractivity (Wildman–Crippen MR) is 84.7 cm³/mol. The lowest BCUT2D eigenvalue weighted by Crippen LogP contribution is -2.35. The zero-order valence-electron chi connectivity index (χ0n) is 11.7. The summed E-state index contributed by atoms with van der Waals surface area (Å²) in [6.45, 7) is 1.76. The molecule has 3 rings (SSSR count). The van der Waals surface area contributed by atoms with Gasteiger partial charge >= 0.3 is 0 Å². The van der Waals surface area contributed by atoms with Crippen molar-refractivity contribution in [2.24, 2.45) is 5.92 Å². The normalized spacial score (nSPS) is 19.5. The number of piperidine rings is 1. The van der Waals surface area contributed by atoms with Crippen LogP contribution in [0.3, 0.4) is 0 Å². The van der Waals surface area contributed by atoms with Crippen molar-refractivity contribution in [1.82, 2.24) is 10.3 Å². The van der Waals surface area contributed by atoms with E-state index >= 15 is 0 Å². The lowest BCUT2D eigenvalue weighted by molar-refractivity contribution is 0.404. The van der Waals surface area contributed by atoms with Gasteiger partial charge in [0.2, 0.25) is 10.0 Å². The van der Waals surface area contributed by atoms with Gasteiger partial charge in [-0.1, -0.05) is 12.1 Å². The van der Waals surface area contributed by atoms with Crippen molar-refractivity contribution >= 4 is 26.5 Å². The van der Waals surface area contributed by atoms with Crippen LogP contribution in [0.15, 0.2) is 36.7 Å². The predicted octanol–water partition coefficient (Wildman–Crippen LogP) is 1.98. The molecule has 1 unspecified atom stereocenters. The Labute approximate surface area is 124 Å². The van der Waals surface area contributed by atoms with E-state index in [9.17, 15) is 8.42 Å². The summed E-state index contributed by atoms with van der Waals surface area (Å²) in [5, 5.41) is 5.05. The van der Waals surface area contributed by atoms with Gasteiger partial charge in [-0.2, -0.15) is 0 Å². The van der Waals surface area contributed by atoms with Gasteiger partial charge in [0.05, 0.1) is 11.4 Å². The summed E-state index contributed by atoms with van der Waals surface area (Å²) in [5.74, 6) is 0.348. The van der Waals surface area contributed by atoms with Gasteiger partial charge in [0.1, 0.15) is 0 Å². The van der Waals surface area contributed by atoms with Crippen LogP contribution in [-0.2, 0) is 10.0 Å². The Morgan fingerprint density at radius 2 is 2.24 bits per heavy atom. The molecule has 5 nitrogen and oxygen atoms in total. The van der Waals surface area contributed by atoms with Crippen LogP contribution >= 0.6 is 0 Å². The quantitative estimate of drug-likeness (QED) is 0.906. The molecule has 0 amide bonds. The molecule has 2 aromatic rings. The van der Waals surface area contributed by atoms with Gasteiger partial charge in [0.25, 0.3) is 0 Å². The second kappa shape index (κ2) is 5.99. The van der Waals surface area contributed by atoms with E-state index in [1.807, 2.05) is 18.2 Å². The Balaban J connectivity index is 1.80. The van der Waals surface area contributed by atoms with Crippen LogP contribution in [-0.4, -0.2) is 32.2 Å². The molecule has 0 radical (unpaired) electrons. The molecule has 0 spiro atoms. The molecule has 1 aromatic carbocycles. The summed E-state index contributed by atoms with van der Waals surface area (Å²) >= 11 is 0. The molecule has 0 saturated carbocycles. The molecule has 1 atom stereocenters. The summed E-state index contributed by atoms with van der Waals surface area (Å²) in [5.41, 5.74) is 0.601. The standard InChI is InChI=1S/C15H19N3O2S/c19-21(20,11-12-3-2-7-16-9-12)18-15-5-1-4-13-6-8-17-10-14(13)15/h1,4-6,8,10,12,16,18H,2-3,7,9,11H2. The van der Waals surface area contributed by atoms with Crippen molar-refractivity contribution in [3.8, 4) is 0 Å². The third-order valence-electron chi connectivity index (χ3n) is 3.80. The number of sulfonamides is 1. The van der Waals surface area contributed by atoms with E-state index < -0.39 is 10.0 Å². The molecular weight excluding hydrogens is 286 g/mol. The SMILES string of the molecule is O=S(=O)(CC1CCCNC1)Nc1cccc2ccncc12. The van der Waals surface area contributed by atoms with Gasteiger partial charge in [0.15, 0.2) is 0 Å². The molecule has 2 N–H and O–H groups in total. The molecule has 6 heteroatoms. The molecule has 1 fully saturated rings. The van der Waals surface area contributed by atoms with Gasteiger partial charge in [-0.15, -0.1) is 0 Å². The Bertz CT molecular complexity index is 719. The lowest BCUT2D eigenvalue weighted by atomic mass is 10.0. The minimum atomic E-state index is -3.34. The first kappa shape index (κ1) is 14.3.